The zero-order chi connectivity index (χ0) is 21.3. The van der Waals surface area contributed by atoms with E-state index >= 15 is 0 Å². The van der Waals surface area contributed by atoms with Crippen LogP contribution in [0.4, 0.5) is 0 Å². The number of hydrogen-bond donors (Lipinski definition) is 1. The Morgan fingerprint density at radius 3 is 2.93 bits per heavy atom. The summed E-state index contributed by atoms with van der Waals surface area (Å²) in [6.07, 6.45) is 2.15. The first-order valence-electron chi connectivity index (χ1n) is 10.0. The number of hydrogen-bond acceptors (Lipinski definition) is 6. The van der Waals surface area contributed by atoms with Crippen molar-refractivity contribution in [3.63, 3.8) is 0 Å². The van der Waals surface area contributed by atoms with Gasteiger partial charge in [-0.15, -0.1) is 11.3 Å². The van der Waals surface area contributed by atoms with Gasteiger partial charge in [-0.05, 0) is 43.4 Å². The maximum absolute atomic E-state index is 13.1. The Bertz CT molecular complexity index is 1150. The van der Waals surface area contributed by atoms with Gasteiger partial charge in [-0.25, -0.2) is 4.98 Å². The van der Waals surface area contributed by atoms with Gasteiger partial charge in [0.2, 0.25) is 5.91 Å². The molecule has 1 aromatic carbocycles. The van der Waals surface area contributed by atoms with Gasteiger partial charge in [-0.3, -0.25) is 14.2 Å². The fourth-order valence-electron chi connectivity index (χ4n) is 3.52. The third-order valence-corrected chi connectivity index (χ3v) is 7.38. The number of thioether (sulfide) groups is 1. The Labute approximate surface area is 183 Å². The van der Waals surface area contributed by atoms with Crippen LogP contribution in [-0.4, -0.2) is 40.5 Å². The molecule has 8 heteroatoms. The van der Waals surface area contributed by atoms with Crippen LogP contribution < -0.4 is 10.9 Å². The quantitative estimate of drug-likeness (QED) is 0.465. The summed E-state index contributed by atoms with van der Waals surface area (Å²) in [5.41, 5.74) is 4.27. The molecule has 1 fully saturated rings. The molecule has 3 aromatic rings. The summed E-state index contributed by atoms with van der Waals surface area (Å²) in [4.78, 5) is 30.7. The van der Waals surface area contributed by atoms with Crippen LogP contribution in [0.1, 0.15) is 24.0 Å². The third kappa shape index (κ3) is 4.31. The first kappa shape index (κ1) is 21.1. The average Bonchev–Trinajstić information content (AvgIpc) is 3.40. The lowest BCUT2D eigenvalue weighted by atomic mass is 10.0. The van der Waals surface area contributed by atoms with E-state index in [0.717, 1.165) is 30.6 Å². The second-order valence-corrected chi connectivity index (χ2v) is 9.42. The maximum atomic E-state index is 13.1. The summed E-state index contributed by atoms with van der Waals surface area (Å²) in [6, 6.07) is 6.23. The molecule has 2 aromatic heterocycles. The molecule has 1 amide bonds. The number of nitrogens with zero attached hydrogens (tertiary/aromatic N) is 2. The van der Waals surface area contributed by atoms with Crippen molar-refractivity contribution >= 4 is 39.2 Å². The van der Waals surface area contributed by atoms with Gasteiger partial charge < -0.3 is 10.1 Å². The summed E-state index contributed by atoms with van der Waals surface area (Å²) < 4.78 is 7.06. The molecule has 1 atom stereocenters. The number of benzene rings is 1. The van der Waals surface area contributed by atoms with Crippen molar-refractivity contribution < 1.29 is 9.53 Å². The molecule has 0 radical (unpaired) electrons. The van der Waals surface area contributed by atoms with E-state index in [1.54, 1.807) is 7.05 Å². The number of fused-ring (bicyclic) bond motifs is 1. The zero-order valence-electron chi connectivity index (χ0n) is 17.4. The second kappa shape index (κ2) is 8.91. The third-order valence-electron chi connectivity index (χ3n) is 5.48. The van der Waals surface area contributed by atoms with Gasteiger partial charge in [0.15, 0.2) is 5.16 Å². The molecule has 0 aliphatic carbocycles. The second-order valence-electron chi connectivity index (χ2n) is 7.61. The van der Waals surface area contributed by atoms with Gasteiger partial charge in [0.1, 0.15) is 4.83 Å². The van der Waals surface area contributed by atoms with Crippen molar-refractivity contribution in [1.29, 1.82) is 0 Å². The van der Waals surface area contributed by atoms with Crippen LogP contribution in [0.25, 0.3) is 21.3 Å². The molecule has 0 saturated carbocycles. The minimum Gasteiger partial charge on any atom is -0.376 e. The first-order valence-corrected chi connectivity index (χ1v) is 11.9. The number of carbonyl (C=O) groups excluding carboxylic acids is 1. The number of thiophene rings is 1. The lowest BCUT2D eigenvalue weighted by molar-refractivity contribution is -0.119. The molecule has 0 spiro atoms. The van der Waals surface area contributed by atoms with Crippen LogP contribution in [0.3, 0.4) is 0 Å². The minimum atomic E-state index is -0.0864. The number of ether oxygens (including phenoxy) is 1. The molecule has 1 N–H and O–H groups in total. The standard InChI is InChI=1S/C22H25N3O3S2/c1-13-6-7-15(9-14(13)2)17-11-29-20-19(17)21(27)25(3)22(24-20)30-12-18(26)23-10-16-5-4-8-28-16/h6-7,9,11,16H,4-5,8,10,12H2,1-3H3,(H,23,26). The van der Waals surface area contributed by atoms with E-state index in [9.17, 15) is 9.59 Å². The van der Waals surface area contributed by atoms with Gasteiger partial charge >= 0.3 is 0 Å². The maximum Gasteiger partial charge on any atom is 0.263 e. The Kier molecular flexibility index (Phi) is 6.26. The SMILES string of the molecule is Cc1ccc(-c2csc3nc(SCC(=O)NCC4CCCO4)n(C)c(=O)c23)cc1C. The molecule has 1 saturated heterocycles. The van der Waals surface area contributed by atoms with Crippen LogP contribution in [0.15, 0.2) is 33.5 Å². The summed E-state index contributed by atoms with van der Waals surface area (Å²) in [7, 11) is 1.71. The molecular weight excluding hydrogens is 418 g/mol. The molecule has 1 aliphatic rings. The number of amides is 1. The van der Waals surface area contributed by atoms with Gasteiger partial charge in [0.25, 0.3) is 5.56 Å². The molecule has 1 aliphatic heterocycles. The number of carbonyl (C=O) groups is 1. The van der Waals surface area contributed by atoms with Crippen LogP contribution in [-0.2, 0) is 16.6 Å². The summed E-state index contributed by atoms with van der Waals surface area (Å²) in [5, 5.41) is 6.08. The van der Waals surface area contributed by atoms with E-state index in [1.165, 1.54) is 38.8 Å². The van der Waals surface area contributed by atoms with E-state index < -0.39 is 0 Å². The predicted molar refractivity (Wildman–Crippen MR) is 122 cm³/mol. The summed E-state index contributed by atoms with van der Waals surface area (Å²) >= 11 is 2.74. The normalized spacial score (nSPS) is 16.3. The number of aryl methyl sites for hydroxylation is 2. The number of nitrogens with one attached hydrogen (secondary N) is 1. The topological polar surface area (TPSA) is 73.2 Å². The van der Waals surface area contributed by atoms with E-state index in [1.807, 2.05) is 11.4 Å². The van der Waals surface area contributed by atoms with E-state index in [0.29, 0.717) is 21.9 Å². The first-order chi connectivity index (χ1) is 14.4. The average molecular weight is 444 g/mol. The Hall–Kier alpha value is -2.16. The monoisotopic (exact) mass is 443 g/mol. The lowest BCUT2D eigenvalue weighted by Crippen LogP contribution is -2.33. The highest BCUT2D eigenvalue weighted by atomic mass is 32.2. The van der Waals surface area contributed by atoms with Gasteiger partial charge in [-0.2, -0.15) is 0 Å². The minimum absolute atomic E-state index is 0.0770. The molecule has 30 heavy (non-hydrogen) atoms. The molecule has 4 rings (SSSR count). The van der Waals surface area contributed by atoms with Gasteiger partial charge in [0.05, 0.1) is 17.2 Å². The van der Waals surface area contributed by atoms with Crippen LogP contribution in [0, 0.1) is 13.8 Å². The van der Waals surface area contributed by atoms with E-state index in [-0.39, 0.29) is 23.3 Å². The summed E-state index contributed by atoms with van der Waals surface area (Å²) in [5.74, 6) is 0.139. The van der Waals surface area contributed by atoms with Crippen LogP contribution in [0.5, 0.6) is 0 Å². The van der Waals surface area contributed by atoms with Crippen LogP contribution in [0.2, 0.25) is 0 Å². The van der Waals surface area contributed by atoms with Crippen molar-refractivity contribution in [2.75, 3.05) is 18.9 Å². The molecule has 3 heterocycles. The Morgan fingerprint density at radius 2 is 2.20 bits per heavy atom. The van der Waals surface area contributed by atoms with E-state index in [4.69, 9.17) is 4.74 Å². The smallest absolute Gasteiger partial charge is 0.263 e. The lowest BCUT2D eigenvalue weighted by Gasteiger charge is -2.11. The number of aromatic nitrogens is 2. The van der Waals surface area contributed by atoms with Crippen molar-refractivity contribution in [3.8, 4) is 11.1 Å². The van der Waals surface area contributed by atoms with E-state index in [2.05, 4.69) is 36.3 Å². The predicted octanol–water partition coefficient (Wildman–Crippen LogP) is 3.67. The molecule has 6 nitrogen and oxygen atoms in total. The van der Waals surface area contributed by atoms with Crippen molar-refractivity contribution in [2.45, 2.75) is 37.9 Å². The Morgan fingerprint density at radius 1 is 1.37 bits per heavy atom. The van der Waals surface area contributed by atoms with Gasteiger partial charge in [-0.1, -0.05) is 30.0 Å². The van der Waals surface area contributed by atoms with Crippen molar-refractivity contribution in [2.24, 2.45) is 7.05 Å². The molecule has 0 bridgehead atoms. The molecule has 1 unspecified atom stereocenters. The fourth-order valence-corrected chi connectivity index (χ4v) is 5.31. The highest BCUT2D eigenvalue weighted by molar-refractivity contribution is 7.99. The van der Waals surface area contributed by atoms with Gasteiger partial charge in [0, 0.05) is 31.1 Å². The Balaban J connectivity index is 1.53. The fraction of sp³-hybridized carbons (Fsp3) is 0.409. The van der Waals surface area contributed by atoms with Crippen molar-refractivity contribution in [1.82, 2.24) is 14.9 Å². The molecule has 158 valence electrons. The highest BCUT2D eigenvalue weighted by Crippen LogP contribution is 2.32. The summed E-state index contributed by atoms with van der Waals surface area (Å²) in [6.45, 7) is 5.45. The molecular formula is C22H25N3O3S2. The number of rotatable bonds is 6. The zero-order valence-corrected chi connectivity index (χ0v) is 19.0. The van der Waals surface area contributed by atoms with Crippen molar-refractivity contribution in [3.05, 3.63) is 45.1 Å². The largest absolute Gasteiger partial charge is 0.376 e. The highest BCUT2D eigenvalue weighted by Gasteiger charge is 2.18. The van der Waals surface area contributed by atoms with Crippen LogP contribution >= 0.6 is 23.1 Å².